The number of phenols is 1. The number of anilines is 1. The van der Waals surface area contributed by atoms with E-state index in [1.54, 1.807) is 25.1 Å². The summed E-state index contributed by atoms with van der Waals surface area (Å²) < 4.78 is 4.88. The van der Waals surface area contributed by atoms with Gasteiger partial charge in [0.1, 0.15) is 5.75 Å². The van der Waals surface area contributed by atoms with Gasteiger partial charge in [0.15, 0.2) is 0 Å². The van der Waals surface area contributed by atoms with E-state index < -0.39 is 5.97 Å². The van der Waals surface area contributed by atoms with Crippen LogP contribution in [0.25, 0.3) is 6.08 Å². The van der Waals surface area contributed by atoms with Crippen molar-refractivity contribution in [2.45, 2.75) is 13.8 Å². The summed E-state index contributed by atoms with van der Waals surface area (Å²) in [6.07, 6.45) is 1.52. The maximum atomic E-state index is 13.1. The number of carbonyl (C=O) groups excluding carboxylic acids is 2. The fraction of sp³-hybridized carbons (Fsp3) is 0.143. The molecule has 0 bridgehead atoms. The summed E-state index contributed by atoms with van der Waals surface area (Å²) in [5, 5.41) is 10.0. The third kappa shape index (κ3) is 2.99. The standard InChI is InChI=1S/C21H19NO4/c1-13-7-6-9-16(11-13)22-14(2)19(21(25)26-3)17(20(22)24)12-15-8-4-5-10-18(15)23/h4-12,23H,1-3H3/b17-12-. The van der Waals surface area contributed by atoms with Gasteiger partial charge in [-0.1, -0.05) is 30.3 Å². The fourth-order valence-corrected chi connectivity index (χ4v) is 3.02. The molecule has 1 heterocycles. The Bertz CT molecular complexity index is 956. The van der Waals surface area contributed by atoms with E-state index in [1.807, 2.05) is 31.2 Å². The molecule has 5 heteroatoms. The molecule has 5 nitrogen and oxygen atoms in total. The molecule has 1 aliphatic rings. The lowest BCUT2D eigenvalue weighted by Gasteiger charge is -2.18. The number of aryl methyl sites for hydroxylation is 1. The molecule has 0 unspecified atom stereocenters. The second kappa shape index (κ2) is 6.88. The van der Waals surface area contributed by atoms with Crippen LogP contribution in [0.15, 0.2) is 65.4 Å². The number of phenolic OH excluding ortho intramolecular Hbond substituents is 1. The van der Waals surface area contributed by atoms with Gasteiger partial charge in [0, 0.05) is 16.9 Å². The van der Waals surface area contributed by atoms with Gasteiger partial charge >= 0.3 is 5.97 Å². The zero-order valence-electron chi connectivity index (χ0n) is 14.8. The number of allylic oxidation sites excluding steroid dienone is 1. The van der Waals surface area contributed by atoms with Gasteiger partial charge in [0.2, 0.25) is 0 Å². The van der Waals surface area contributed by atoms with E-state index in [2.05, 4.69) is 0 Å². The maximum Gasteiger partial charge on any atom is 0.340 e. The Morgan fingerprint density at radius 3 is 2.50 bits per heavy atom. The van der Waals surface area contributed by atoms with Gasteiger partial charge in [-0.05, 0) is 43.7 Å². The number of hydrogen-bond donors (Lipinski definition) is 1. The van der Waals surface area contributed by atoms with Crippen molar-refractivity contribution in [3.05, 3.63) is 76.5 Å². The second-order valence-electron chi connectivity index (χ2n) is 6.05. The van der Waals surface area contributed by atoms with Crippen LogP contribution < -0.4 is 4.90 Å². The summed E-state index contributed by atoms with van der Waals surface area (Å²) in [7, 11) is 1.28. The average Bonchev–Trinajstić information content (AvgIpc) is 2.86. The second-order valence-corrected chi connectivity index (χ2v) is 6.05. The highest BCUT2D eigenvalue weighted by Gasteiger charge is 2.38. The number of aromatic hydroxyl groups is 1. The summed E-state index contributed by atoms with van der Waals surface area (Å²) in [5.41, 5.74) is 3.01. The molecule has 0 spiro atoms. The van der Waals surface area contributed by atoms with E-state index in [4.69, 9.17) is 4.74 Å². The number of esters is 1. The smallest absolute Gasteiger partial charge is 0.340 e. The van der Waals surface area contributed by atoms with E-state index in [9.17, 15) is 14.7 Å². The van der Waals surface area contributed by atoms with E-state index in [0.29, 0.717) is 16.9 Å². The first kappa shape index (κ1) is 17.5. The number of nitrogens with zero attached hydrogens (tertiary/aromatic N) is 1. The lowest BCUT2D eigenvalue weighted by atomic mass is 10.0. The first-order valence-corrected chi connectivity index (χ1v) is 8.14. The first-order chi connectivity index (χ1) is 12.4. The molecule has 0 saturated heterocycles. The van der Waals surface area contributed by atoms with E-state index >= 15 is 0 Å². The lowest BCUT2D eigenvalue weighted by Crippen LogP contribution is -2.24. The number of ether oxygens (including phenoxy) is 1. The summed E-state index contributed by atoms with van der Waals surface area (Å²) in [5.74, 6) is -0.895. The van der Waals surface area contributed by atoms with E-state index in [1.165, 1.54) is 24.2 Å². The van der Waals surface area contributed by atoms with Crippen LogP contribution in [0.5, 0.6) is 5.75 Å². The van der Waals surface area contributed by atoms with Gasteiger partial charge in [-0.15, -0.1) is 0 Å². The van der Waals surface area contributed by atoms with Gasteiger partial charge in [0.05, 0.1) is 18.3 Å². The third-order valence-electron chi connectivity index (χ3n) is 4.29. The average molecular weight is 349 g/mol. The molecule has 0 saturated carbocycles. The molecule has 0 fully saturated rings. The van der Waals surface area contributed by atoms with Gasteiger partial charge in [-0.3, -0.25) is 9.69 Å². The molecular formula is C21H19NO4. The Balaban J connectivity index is 2.17. The Morgan fingerprint density at radius 1 is 1.12 bits per heavy atom. The molecule has 1 N–H and O–H groups in total. The van der Waals surface area contributed by atoms with Crippen molar-refractivity contribution in [3.63, 3.8) is 0 Å². The zero-order chi connectivity index (χ0) is 18.8. The Labute approximate surface area is 151 Å². The highest BCUT2D eigenvalue weighted by Crippen LogP contribution is 2.36. The number of para-hydroxylation sites is 1. The minimum Gasteiger partial charge on any atom is -0.507 e. The molecule has 2 aromatic carbocycles. The molecule has 0 aliphatic carbocycles. The van der Waals surface area contributed by atoms with Gasteiger partial charge in [-0.2, -0.15) is 0 Å². The predicted molar refractivity (Wildman–Crippen MR) is 99.5 cm³/mol. The topological polar surface area (TPSA) is 66.8 Å². The van der Waals surface area contributed by atoms with Crippen LogP contribution in [0, 0.1) is 6.92 Å². The van der Waals surface area contributed by atoms with Crippen LogP contribution in [-0.2, 0) is 14.3 Å². The zero-order valence-corrected chi connectivity index (χ0v) is 14.8. The van der Waals surface area contributed by atoms with Crippen LogP contribution in [0.1, 0.15) is 18.1 Å². The van der Waals surface area contributed by atoms with Crippen molar-refractivity contribution in [1.82, 2.24) is 0 Å². The van der Waals surface area contributed by atoms with E-state index in [-0.39, 0.29) is 22.8 Å². The minimum absolute atomic E-state index is 0.0312. The quantitative estimate of drug-likeness (QED) is 0.679. The van der Waals surface area contributed by atoms with Crippen molar-refractivity contribution >= 4 is 23.6 Å². The molecule has 1 amide bonds. The molecule has 26 heavy (non-hydrogen) atoms. The Hall–Kier alpha value is -3.34. The van der Waals surface area contributed by atoms with Crippen LogP contribution in [0.4, 0.5) is 5.69 Å². The molecule has 0 atom stereocenters. The summed E-state index contributed by atoms with van der Waals surface area (Å²) >= 11 is 0. The molecule has 0 aromatic heterocycles. The number of rotatable bonds is 3. The van der Waals surface area contributed by atoms with Crippen molar-refractivity contribution in [3.8, 4) is 5.75 Å². The van der Waals surface area contributed by atoms with Crippen molar-refractivity contribution in [1.29, 1.82) is 0 Å². The number of methoxy groups -OCH3 is 1. The molecule has 1 aliphatic heterocycles. The highest BCUT2D eigenvalue weighted by molar-refractivity contribution is 6.23. The van der Waals surface area contributed by atoms with Gasteiger partial charge < -0.3 is 9.84 Å². The SMILES string of the molecule is COC(=O)C1=C(C)N(c2cccc(C)c2)C(=O)/C1=C\c1ccccc1O. The largest absolute Gasteiger partial charge is 0.507 e. The summed E-state index contributed by atoms with van der Waals surface area (Å²) in [6.45, 7) is 3.64. The Kier molecular flexibility index (Phi) is 4.63. The molecule has 132 valence electrons. The van der Waals surface area contributed by atoms with Crippen molar-refractivity contribution in [2.24, 2.45) is 0 Å². The van der Waals surface area contributed by atoms with Crippen LogP contribution in [-0.4, -0.2) is 24.1 Å². The van der Waals surface area contributed by atoms with Crippen LogP contribution >= 0.6 is 0 Å². The minimum atomic E-state index is -0.590. The first-order valence-electron chi connectivity index (χ1n) is 8.14. The molecule has 0 radical (unpaired) electrons. The predicted octanol–water partition coefficient (Wildman–Crippen LogP) is 3.58. The van der Waals surface area contributed by atoms with E-state index in [0.717, 1.165) is 5.56 Å². The number of hydrogen-bond acceptors (Lipinski definition) is 4. The highest BCUT2D eigenvalue weighted by atomic mass is 16.5. The third-order valence-corrected chi connectivity index (χ3v) is 4.29. The van der Waals surface area contributed by atoms with Gasteiger partial charge in [0.25, 0.3) is 5.91 Å². The van der Waals surface area contributed by atoms with Crippen LogP contribution in [0.3, 0.4) is 0 Å². The fourth-order valence-electron chi connectivity index (χ4n) is 3.02. The maximum absolute atomic E-state index is 13.1. The normalized spacial score (nSPS) is 15.7. The van der Waals surface area contributed by atoms with Gasteiger partial charge in [-0.25, -0.2) is 4.79 Å². The summed E-state index contributed by atoms with van der Waals surface area (Å²) in [6, 6.07) is 14.1. The number of carbonyl (C=O) groups is 2. The number of amides is 1. The monoisotopic (exact) mass is 349 g/mol. The molecular weight excluding hydrogens is 330 g/mol. The van der Waals surface area contributed by atoms with Crippen molar-refractivity contribution < 1.29 is 19.4 Å². The lowest BCUT2D eigenvalue weighted by molar-refractivity contribution is -0.136. The molecule has 2 aromatic rings. The van der Waals surface area contributed by atoms with Crippen LogP contribution in [0.2, 0.25) is 0 Å². The van der Waals surface area contributed by atoms with Crippen molar-refractivity contribution in [2.75, 3.05) is 12.0 Å². The summed E-state index contributed by atoms with van der Waals surface area (Å²) in [4.78, 5) is 26.9. The number of benzene rings is 2. The molecule has 3 rings (SSSR count). The Morgan fingerprint density at radius 2 is 1.85 bits per heavy atom.